The second-order valence-electron chi connectivity index (χ2n) is 7.42. The van der Waals surface area contributed by atoms with Gasteiger partial charge in [0.25, 0.3) is 0 Å². The van der Waals surface area contributed by atoms with Crippen LogP contribution in [-0.2, 0) is 0 Å². The highest BCUT2D eigenvalue weighted by Crippen LogP contribution is 2.23. The first-order valence-corrected chi connectivity index (χ1v) is 11.5. The molecule has 8 heteroatoms. The number of piperidine rings is 1. The van der Waals surface area contributed by atoms with Crippen molar-refractivity contribution in [1.82, 2.24) is 14.9 Å². The third-order valence-electron chi connectivity index (χ3n) is 5.53. The van der Waals surface area contributed by atoms with E-state index in [-0.39, 0.29) is 6.03 Å². The fourth-order valence-electron chi connectivity index (χ4n) is 3.85. The molecule has 2 fully saturated rings. The van der Waals surface area contributed by atoms with Crippen molar-refractivity contribution in [2.24, 2.45) is 0 Å². The second kappa shape index (κ2) is 9.35. The Balaban J connectivity index is 1.33. The Morgan fingerprint density at radius 1 is 0.931 bits per heavy atom. The standard InChI is InChI=1S/C21H28N6OS/c1-29-18-7-5-6-17(14-18)24-21(28)27-12-10-26(11-13-27)20-15-19(22-16-23-20)25-8-3-2-4-9-25/h5-7,14-16H,2-4,8-13H2,1H3,(H,24,28). The lowest BCUT2D eigenvalue weighted by molar-refractivity contribution is 0.208. The SMILES string of the molecule is CSc1cccc(NC(=O)N2CCN(c3cc(N4CCCCC4)ncn3)CC2)c1. The molecule has 2 saturated heterocycles. The number of amides is 2. The molecule has 3 heterocycles. The van der Waals surface area contributed by atoms with Crippen molar-refractivity contribution >= 4 is 35.1 Å². The number of aromatic nitrogens is 2. The van der Waals surface area contributed by atoms with E-state index in [9.17, 15) is 4.79 Å². The minimum Gasteiger partial charge on any atom is -0.356 e. The number of nitrogens with one attached hydrogen (secondary N) is 1. The van der Waals surface area contributed by atoms with Gasteiger partial charge in [0.2, 0.25) is 0 Å². The van der Waals surface area contributed by atoms with E-state index in [1.165, 1.54) is 19.3 Å². The lowest BCUT2D eigenvalue weighted by Gasteiger charge is -2.36. The minimum atomic E-state index is -0.0420. The number of benzene rings is 1. The fourth-order valence-corrected chi connectivity index (χ4v) is 4.31. The maximum absolute atomic E-state index is 12.6. The zero-order chi connectivity index (χ0) is 20.1. The van der Waals surface area contributed by atoms with E-state index in [0.717, 1.165) is 48.4 Å². The van der Waals surface area contributed by atoms with Crippen LogP contribution in [0.3, 0.4) is 0 Å². The molecule has 0 saturated carbocycles. The quantitative estimate of drug-likeness (QED) is 0.775. The molecule has 1 aromatic heterocycles. The molecule has 0 unspecified atom stereocenters. The summed E-state index contributed by atoms with van der Waals surface area (Å²) in [5.74, 6) is 1.97. The molecule has 2 aliphatic heterocycles. The summed E-state index contributed by atoms with van der Waals surface area (Å²) in [7, 11) is 0. The van der Waals surface area contributed by atoms with E-state index in [2.05, 4.69) is 31.2 Å². The first-order valence-electron chi connectivity index (χ1n) is 10.2. The summed E-state index contributed by atoms with van der Waals surface area (Å²) >= 11 is 1.67. The first-order chi connectivity index (χ1) is 14.2. The van der Waals surface area contributed by atoms with E-state index < -0.39 is 0 Å². The number of rotatable bonds is 4. The Morgan fingerprint density at radius 3 is 2.31 bits per heavy atom. The molecule has 2 aromatic rings. The zero-order valence-corrected chi connectivity index (χ0v) is 17.7. The number of nitrogens with zero attached hydrogens (tertiary/aromatic N) is 5. The van der Waals surface area contributed by atoms with Gasteiger partial charge >= 0.3 is 6.03 Å². The van der Waals surface area contributed by atoms with Gasteiger partial charge < -0.3 is 20.0 Å². The number of carbonyl (C=O) groups excluding carboxylic acids is 1. The van der Waals surface area contributed by atoms with Crippen LogP contribution in [0.25, 0.3) is 0 Å². The number of thioether (sulfide) groups is 1. The van der Waals surface area contributed by atoms with Crippen LogP contribution >= 0.6 is 11.8 Å². The van der Waals surface area contributed by atoms with Gasteiger partial charge in [-0.15, -0.1) is 11.8 Å². The number of piperazine rings is 1. The van der Waals surface area contributed by atoms with Gasteiger partial charge in [-0.1, -0.05) is 6.07 Å². The summed E-state index contributed by atoms with van der Waals surface area (Å²) in [4.78, 5) is 29.2. The average Bonchev–Trinajstić information content (AvgIpc) is 2.80. The summed E-state index contributed by atoms with van der Waals surface area (Å²) in [5, 5.41) is 3.02. The molecule has 4 rings (SSSR count). The van der Waals surface area contributed by atoms with Crippen molar-refractivity contribution in [2.45, 2.75) is 24.2 Å². The maximum atomic E-state index is 12.6. The Kier molecular flexibility index (Phi) is 6.39. The highest BCUT2D eigenvalue weighted by Gasteiger charge is 2.23. The lowest BCUT2D eigenvalue weighted by atomic mass is 10.1. The molecule has 0 atom stereocenters. The lowest BCUT2D eigenvalue weighted by Crippen LogP contribution is -2.50. The number of urea groups is 1. The van der Waals surface area contributed by atoms with Gasteiger partial charge in [0.15, 0.2) is 0 Å². The van der Waals surface area contributed by atoms with E-state index >= 15 is 0 Å². The van der Waals surface area contributed by atoms with Crippen molar-refractivity contribution in [3.8, 4) is 0 Å². The van der Waals surface area contributed by atoms with E-state index in [4.69, 9.17) is 0 Å². The van der Waals surface area contributed by atoms with Gasteiger partial charge in [-0.05, 0) is 43.7 Å². The molecule has 0 radical (unpaired) electrons. The predicted molar refractivity (Wildman–Crippen MR) is 119 cm³/mol. The van der Waals surface area contributed by atoms with Crippen LogP contribution in [-0.4, -0.2) is 66.4 Å². The Bertz CT molecular complexity index is 833. The number of carbonyl (C=O) groups is 1. The molecule has 0 spiro atoms. The van der Waals surface area contributed by atoms with Gasteiger partial charge in [0, 0.05) is 55.9 Å². The van der Waals surface area contributed by atoms with E-state index in [1.54, 1.807) is 18.1 Å². The van der Waals surface area contributed by atoms with Crippen LogP contribution in [0.5, 0.6) is 0 Å². The molecule has 0 bridgehead atoms. The molecule has 2 aliphatic rings. The number of hydrogen-bond acceptors (Lipinski definition) is 6. The highest BCUT2D eigenvalue weighted by molar-refractivity contribution is 7.98. The Labute approximate surface area is 176 Å². The third-order valence-corrected chi connectivity index (χ3v) is 6.26. The second-order valence-corrected chi connectivity index (χ2v) is 8.30. The van der Waals surface area contributed by atoms with Crippen LogP contribution in [0.15, 0.2) is 41.6 Å². The summed E-state index contributed by atoms with van der Waals surface area (Å²) < 4.78 is 0. The molecule has 29 heavy (non-hydrogen) atoms. The van der Waals surface area contributed by atoms with Gasteiger partial charge in [0.05, 0.1) is 0 Å². The van der Waals surface area contributed by atoms with Crippen molar-refractivity contribution in [2.75, 3.05) is 60.6 Å². The largest absolute Gasteiger partial charge is 0.356 e. The third kappa shape index (κ3) is 4.93. The van der Waals surface area contributed by atoms with Crippen LogP contribution < -0.4 is 15.1 Å². The van der Waals surface area contributed by atoms with Crippen molar-refractivity contribution < 1.29 is 4.79 Å². The van der Waals surface area contributed by atoms with Crippen molar-refractivity contribution in [1.29, 1.82) is 0 Å². The summed E-state index contributed by atoms with van der Waals surface area (Å²) in [6.07, 6.45) is 7.46. The fraction of sp³-hybridized carbons (Fsp3) is 0.476. The summed E-state index contributed by atoms with van der Waals surface area (Å²) in [5.41, 5.74) is 0.839. The smallest absolute Gasteiger partial charge is 0.321 e. The van der Waals surface area contributed by atoms with Crippen LogP contribution in [0.1, 0.15) is 19.3 Å². The molecule has 1 N–H and O–H groups in total. The molecule has 7 nitrogen and oxygen atoms in total. The van der Waals surface area contributed by atoms with Crippen LogP contribution in [0.4, 0.5) is 22.1 Å². The molecular formula is C21H28N6OS. The topological polar surface area (TPSA) is 64.6 Å². The molecule has 1 aromatic carbocycles. The monoisotopic (exact) mass is 412 g/mol. The number of anilines is 3. The van der Waals surface area contributed by atoms with E-state index in [1.807, 2.05) is 35.4 Å². The van der Waals surface area contributed by atoms with Crippen molar-refractivity contribution in [3.05, 3.63) is 36.7 Å². The van der Waals surface area contributed by atoms with E-state index in [0.29, 0.717) is 13.1 Å². The van der Waals surface area contributed by atoms with Crippen LogP contribution in [0, 0.1) is 0 Å². The number of hydrogen-bond donors (Lipinski definition) is 1. The van der Waals surface area contributed by atoms with Gasteiger partial charge in [-0.2, -0.15) is 0 Å². The van der Waals surface area contributed by atoms with Gasteiger partial charge in [-0.3, -0.25) is 0 Å². The Morgan fingerprint density at radius 2 is 1.62 bits per heavy atom. The zero-order valence-electron chi connectivity index (χ0n) is 16.9. The molecular weight excluding hydrogens is 384 g/mol. The molecule has 0 aliphatic carbocycles. The van der Waals surface area contributed by atoms with Crippen LogP contribution in [0.2, 0.25) is 0 Å². The average molecular weight is 413 g/mol. The highest BCUT2D eigenvalue weighted by atomic mass is 32.2. The normalized spacial score (nSPS) is 17.3. The van der Waals surface area contributed by atoms with Gasteiger partial charge in [-0.25, -0.2) is 14.8 Å². The summed E-state index contributed by atoms with van der Waals surface area (Å²) in [6.45, 7) is 5.04. The van der Waals surface area contributed by atoms with Crippen molar-refractivity contribution in [3.63, 3.8) is 0 Å². The molecule has 154 valence electrons. The summed E-state index contributed by atoms with van der Waals surface area (Å²) in [6, 6.07) is 9.99. The minimum absolute atomic E-state index is 0.0420. The maximum Gasteiger partial charge on any atom is 0.321 e. The Hall–Kier alpha value is -2.48. The van der Waals surface area contributed by atoms with Gasteiger partial charge in [0.1, 0.15) is 18.0 Å². The first kappa shape index (κ1) is 19.8. The predicted octanol–water partition coefficient (Wildman–Crippen LogP) is 3.54. The molecule has 2 amide bonds.